The summed E-state index contributed by atoms with van der Waals surface area (Å²) >= 11 is 1.72. The van der Waals surface area contributed by atoms with Gasteiger partial charge in [-0.1, -0.05) is 67.2 Å². The summed E-state index contributed by atoms with van der Waals surface area (Å²) in [5.74, 6) is 0.472. The lowest BCUT2D eigenvalue weighted by Gasteiger charge is -2.40. The van der Waals surface area contributed by atoms with Gasteiger partial charge in [-0.3, -0.25) is 4.79 Å². The Bertz CT molecular complexity index is 1360. The van der Waals surface area contributed by atoms with Gasteiger partial charge >= 0.3 is 5.97 Å². The first-order valence-corrected chi connectivity index (χ1v) is 12.8. The van der Waals surface area contributed by atoms with E-state index >= 15 is 0 Å². The number of nitrogens with one attached hydrogen (secondary N) is 1. The van der Waals surface area contributed by atoms with Gasteiger partial charge in [0, 0.05) is 23.5 Å². The number of esters is 1. The average molecular weight is 486 g/mol. The maximum Gasteiger partial charge on any atom is 0.338 e. The van der Waals surface area contributed by atoms with Gasteiger partial charge < -0.3 is 15.0 Å². The largest absolute Gasteiger partial charge is 0.466 e. The molecular weight excluding hydrogens is 458 g/mol. The van der Waals surface area contributed by atoms with Crippen LogP contribution in [0.5, 0.6) is 0 Å². The topological polar surface area (TPSA) is 71.0 Å². The molecule has 0 radical (unpaired) electrons. The average Bonchev–Trinajstić information content (AvgIpc) is 2.91. The van der Waals surface area contributed by atoms with Crippen molar-refractivity contribution in [2.75, 3.05) is 24.7 Å². The highest BCUT2D eigenvalue weighted by atomic mass is 32.2. The number of carbonyl (C=O) groups is 2. The number of benzene rings is 3. The number of anilines is 1. The van der Waals surface area contributed by atoms with E-state index in [2.05, 4.69) is 10.2 Å². The SMILES string of the molecule is CCC1=C(C(=O)OC)C(c2cccc(NC(=O)c3cccc4ccccc34)c2)N2CCCSC2=N1. The lowest BCUT2D eigenvalue weighted by Crippen LogP contribution is -2.42. The van der Waals surface area contributed by atoms with Crippen LogP contribution in [0.4, 0.5) is 5.69 Å². The quantitative estimate of drug-likeness (QED) is 0.464. The summed E-state index contributed by atoms with van der Waals surface area (Å²) in [7, 11) is 1.41. The molecule has 6 nitrogen and oxygen atoms in total. The first kappa shape index (κ1) is 23.2. The second-order valence-corrected chi connectivity index (χ2v) is 9.57. The number of methoxy groups -OCH3 is 1. The second-order valence-electron chi connectivity index (χ2n) is 8.50. The fraction of sp³-hybridized carbons (Fsp3) is 0.250. The van der Waals surface area contributed by atoms with Crippen molar-refractivity contribution < 1.29 is 14.3 Å². The highest BCUT2D eigenvalue weighted by molar-refractivity contribution is 8.13. The van der Waals surface area contributed by atoms with Gasteiger partial charge in [-0.15, -0.1) is 0 Å². The van der Waals surface area contributed by atoms with Gasteiger partial charge in [0.05, 0.1) is 24.4 Å². The molecule has 0 aromatic heterocycles. The Kier molecular flexibility index (Phi) is 6.59. The van der Waals surface area contributed by atoms with Crippen molar-refractivity contribution in [2.45, 2.75) is 25.8 Å². The monoisotopic (exact) mass is 485 g/mol. The summed E-state index contributed by atoms with van der Waals surface area (Å²) in [5, 5.41) is 5.93. The first-order chi connectivity index (χ1) is 17.1. The number of rotatable bonds is 5. The van der Waals surface area contributed by atoms with E-state index in [4.69, 9.17) is 9.73 Å². The molecule has 3 aromatic carbocycles. The zero-order valence-electron chi connectivity index (χ0n) is 19.8. The summed E-state index contributed by atoms with van der Waals surface area (Å²) in [5.41, 5.74) is 3.54. The predicted octanol–water partition coefficient (Wildman–Crippen LogP) is 5.78. The molecular formula is C28H27N3O3S. The van der Waals surface area contributed by atoms with Crippen molar-refractivity contribution in [3.05, 3.63) is 89.1 Å². The Morgan fingerprint density at radius 3 is 2.74 bits per heavy atom. The van der Waals surface area contributed by atoms with Crippen LogP contribution < -0.4 is 5.32 Å². The Morgan fingerprint density at radius 1 is 1.11 bits per heavy atom. The van der Waals surface area contributed by atoms with Gasteiger partial charge in [-0.2, -0.15) is 0 Å². The number of hydrogen-bond donors (Lipinski definition) is 1. The number of allylic oxidation sites excluding steroid dienone is 1. The minimum Gasteiger partial charge on any atom is -0.466 e. The number of thioether (sulfide) groups is 1. The van der Waals surface area contributed by atoms with E-state index in [1.54, 1.807) is 11.8 Å². The van der Waals surface area contributed by atoms with Crippen LogP contribution in [0.1, 0.15) is 41.7 Å². The molecule has 3 aromatic rings. The van der Waals surface area contributed by atoms with Gasteiger partial charge in [0.2, 0.25) is 0 Å². The number of fused-ring (bicyclic) bond motifs is 2. The number of ether oxygens (including phenoxy) is 1. The maximum absolute atomic E-state index is 13.2. The zero-order chi connectivity index (χ0) is 24.4. The summed E-state index contributed by atoms with van der Waals surface area (Å²) < 4.78 is 5.18. The van der Waals surface area contributed by atoms with Crippen molar-refractivity contribution in [1.29, 1.82) is 0 Å². The molecule has 1 amide bonds. The van der Waals surface area contributed by atoms with Crippen molar-refractivity contribution >= 4 is 45.3 Å². The fourth-order valence-corrected chi connectivity index (χ4v) is 5.76. The number of carbonyl (C=O) groups excluding carboxylic acids is 2. The smallest absolute Gasteiger partial charge is 0.338 e. The highest BCUT2D eigenvalue weighted by Crippen LogP contribution is 2.41. The maximum atomic E-state index is 13.2. The summed E-state index contributed by atoms with van der Waals surface area (Å²) in [6.45, 7) is 2.81. The van der Waals surface area contributed by atoms with Crippen LogP contribution in [-0.2, 0) is 9.53 Å². The van der Waals surface area contributed by atoms with Crippen LogP contribution in [-0.4, -0.2) is 41.4 Å². The lowest BCUT2D eigenvalue weighted by atomic mass is 9.93. The van der Waals surface area contributed by atoms with E-state index < -0.39 is 0 Å². The molecule has 2 aliphatic rings. The molecule has 7 heteroatoms. The fourth-order valence-electron chi connectivity index (χ4n) is 4.77. The number of amidine groups is 1. The van der Waals surface area contributed by atoms with E-state index in [9.17, 15) is 9.59 Å². The van der Waals surface area contributed by atoms with Gasteiger partial charge in [-0.25, -0.2) is 9.79 Å². The minimum atomic E-state index is -0.365. The van der Waals surface area contributed by atoms with Gasteiger partial charge in [0.25, 0.3) is 5.91 Å². The summed E-state index contributed by atoms with van der Waals surface area (Å²) in [6.07, 6.45) is 1.64. The second kappa shape index (κ2) is 9.96. The van der Waals surface area contributed by atoms with Crippen molar-refractivity contribution in [2.24, 2.45) is 4.99 Å². The summed E-state index contributed by atoms with van der Waals surface area (Å²) in [6, 6.07) is 21.0. The molecule has 2 aliphatic heterocycles. The number of hydrogen-bond acceptors (Lipinski definition) is 6. The van der Waals surface area contributed by atoms with E-state index in [1.807, 2.05) is 73.7 Å². The molecule has 1 unspecified atom stereocenters. The Labute approximate surface area is 209 Å². The molecule has 178 valence electrons. The molecule has 0 bridgehead atoms. The van der Waals surface area contributed by atoms with Crippen LogP contribution in [0.15, 0.2) is 83.0 Å². The molecule has 0 aliphatic carbocycles. The molecule has 1 fully saturated rings. The lowest BCUT2D eigenvalue weighted by molar-refractivity contribution is -0.137. The van der Waals surface area contributed by atoms with E-state index in [0.717, 1.165) is 45.9 Å². The molecule has 1 N–H and O–H groups in total. The van der Waals surface area contributed by atoms with E-state index in [0.29, 0.717) is 23.2 Å². The molecule has 0 spiro atoms. The minimum absolute atomic E-state index is 0.170. The van der Waals surface area contributed by atoms with E-state index in [1.165, 1.54) is 7.11 Å². The molecule has 35 heavy (non-hydrogen) atoms. The van der Waals surface area contributed by atoms with Gasteiger partial charge in [-0.05, 0) is 47.4 Å². The molecule has 0 saturated carbocycles. The molecule has 2 heterocycles. The van der Waals surface area contributed by atoms with Gasteiger partial charge in [0.1, 0.15) is 0 Å². The van der Waals surface area contributed by atoms with Crippen LogP contribution >= 0.6 is 11.8 Å². The standard InChI is InChI=1S/C28H27N3O3S/c1-3-23-24(27(33)34-2)25(31-15-8-16-35-28(31)30-23)19-11-6-12-20(17-19)29-26(32)22-14-7-10-18-9-4-5-13-21(18)22/h4-7,9-14,17,25H,3,8,15-16H2,1-2H3,(H,29,32). The van der Waals surface area contributed by atoms with Crippen LogP contribution in [0.3, 0.4) is 0 Å². The zero-order valence-corrected chi connectivity index (χ0v) is 20.6. The van der Waals surface area contributed by atoms with Gasteiger partial charge in [0.15, 0.2) is 5.17 Å². The highest BCUT2D eigenvalue weighted by Gasteiger charge is 2.38. The third kappa shape index (κ3) is 4.44. The summed E-state index contributed by atoms with van der Waals surface area (Å²) in [4.78, 5) is 33.1. The van der Waals surface area contributed by atoms with Crippen LogP contribution in [0.25, 0.3) is 10.8 Å². The van der Waals surface area contributed by atoms with Crippen molar-refractivity contribution in [3.8, 4) is 0 Å². The Hall–Kier alpha value is -3.58. The van der Waals surface area contributed by atoms with Crippen molar-refractivity contribution in [3.63, 3.8) is 0 Å². The first-order valence-electron chi connectivity index (χ1n) is 11.8. The molecule has 1 saturated heterocycles. The Balaban J connectivity index is 1.51. The van der Waals surface area contributed by atoms with E-state index in [-0.39, 0.29) is 17.9 Å². The van der Waals surface area contributed by atoms with Crippen LogP contribution in [0, 0.1) is 0 Å². The molecule has 1 atom stereocenters. The predicted molar refractivity (Wildman–Crippen MR) is 142 cm³/mol. The number of amides is 1. The normalized spacial score (nSPS) is 17.6. The Morgan fingerprint density at radius 2 is 1.91 bits per heavy atom. The molecule has 5 rings (SSSR count). The number of aliphatic imine (C=N–C) groups is 1. The third-order valence-electron chi connectivity index (χ3n) is 6.38. The third-order valence-corrected chi connectivity index (χ3v) is 7.46. The number of nitrogens with zero attached hydrogens (tertiary/aromatic N) is 2. The van der Waals surface area contributed by atoms with Crippen molar-refractivity contribution in [1.82, 2.24) is 4.90 Å². The van der Waals surface area contributed by atoms with Crippen LogP contribution in [0.2, 0.25) is 0 Å².